The number of anilines is 3. The van der Waals surface area contributed by atoms with E-state index in [1.807, 2.05) is 12.1 Å². The molecule has 12 aromatic rings. The molecule has 3 heteroatoms. The molecule has 61 heavy (non-hydrogen) atoms. The van der Waals surface area contributed by atoms with Crippen molar-refractivity contribution in [2.75, 3.05) is 4.90 Å². The van der Waals surface area contributed by atoms with Crippen molar-refractivity contribution in [1.29, 1.82) is 0 Å². The fourth-order valence-corrected chi connectivity index (χ4v) is 9.36. The summed E-state index contributed by atoms with van der Waals surface area (Å²) in [7, 11) is 0. The summed E-state index contributed by atoms with van der Waals surface area (Å²) in [6.07, 6.45) is 0. The first kappa shape index (κ1) is 34.9. The SMILES string of the molecule is c1cc(-c2cccc3c2oc2ccccc23)cc(N(c2ccc(-c3ccc4ccccc4c3)cc2)c2ccccc2-c2ccccc2-n2c3ccccc3c3ccccc32)c1. The third-order valence-electron chi connectivity index (χ3n) is 12.2. The molecular formula is C58H38N2O. The van der Waals surface area contributed by atoms with Crippen LogP contribution in [0.4, 0.5) is 17.1 Å². The highest BCUT2D eigenvalue weighted by Crippen LogP contribution is 2.46. The molecule has 0 bridgehead atoms. The monoisotopic (exact) mass is 778 g/mol. The Kier molecular flexibility index (Phi) is 8.17. The molecule has 0 unspecified atom stereocenters. The quantitative estimate of drug-likeness (QED) is 0.161. The lowest BCUT2D eigenvalue weighted by Crippen LogP contribution is -2.11. The average molecular weight is 779 g/mol. The summed E-state index contributed by atoms with van der Waals surface area (Å²) in [6.45, 7) is 0. The van der Waals surface area contributed by atoms with Gasteiger partial charge in [0.25, 0.3) is 0 Å². The van der Waals surface area contributed by atoms with Crippen molar-refractivity contribution >= 4 is 71.6 Å². The predicted molar refractivity (Wildman–Crippen MR) is 257 cm³/mol. The van der Waals surface area contributed by atoms with Crippen LogP contribution in [0.15, 0.2) is 235 Å². The molecule has 0 aliphatic rings. The summed E-state index contributed by atoms with van der Waals surface area (Å²) >= 11 is 0. The second-order valence-electron chi connectivity index (χ2n) is 15.7. The van der Waals surface area contributed by atoms with E-state index in [1.165, 1.54) is 43.7 Å². The molecule has 2 heterocycles. The molecule has 0 radical (unpaired) electrons. The first-order chi connectivity index (χ1) is 30.3. The van der Waals surface area contributed by atoms with Crippen LogP contribution in [0.1, 0.15) is 0 Å². The van der Waals surface area contributed by atoms with Gasteiger partial charge in [-0.05, 0) is 88.1 Å². The van der Waals surface area contributed by atoms with E-state index in [1.54, 1.807) is 0 Å². The number of rotatable bonds is 7. The molecule has 0 N–H and O–H groups in total. The standard InChI is InChI=1S/C58H38N2O/c1-2-16-41-37-42(32-31-39(41)15-1)40-33-35-44(36-34-40)59(45-18-13-17-43(38-45)46-24-14-25-52-51-23-7-12-30-57(51)61-58(46)52)53-26-8-3-19-47(53)48-20-4-9-27-54(48)60-55-28-10-5-21-49(55)50-22-6-11-29-56(50)60/h1-38H. The van der Waals surface area contributed by atoms with Gasteiger partial charge in [-0.1, -0.05) is 170 Å². The number of fused-ring (bicyclic) bond motifs is 7. The molecule has 0 amide bonds. The van der Waals surface area contributed by atoms with Crippen LogP contribution >= 0.6 is 0 Å². The first-order valence-corrected chi connectivity index (χ1v) is 20.8. The summed E-state index contributed by atoms with van der Waals surface area (Å²) in [5, 5.41) is 7.20. The van der Waals surface area contributed by atoms with Crippen molar-refractivity contribution in [2.45, 2.75) is 0 Å². The largest absolute Gasteiger partial charge is 0.455 e. The third-order valence-corrected chi connectivity index (χ3v) is 12.2. The minimum atomic E-state index is 0.894. The third kappa shape index (κ3) is 5.82. The van der Waals surface area contributed by atoms with Crippen LogP contribution in [0, 0.1) is 0 Å². The van der Waals surface area contributed by atoms with E-state index >= 15 is 0 Å². The van der Waals surface area contributed by atoms with Gasteiger partial charge in [-0.25, -0.2) is 0 Å². The van der Waals surface area contributed by atoms with Crippen molar-refractivity contribution in [3.05, 3.63) is 231 Å². The van der Waals surface area contributed by atoms with Gasteiger partial charge in [0.1, 0.15) is 11.2 Å². The van der Waals surface area contributed by atoms with Gasteiger partial charge in [-0.2, -0.15) is 0 Å². The van der Waals surface area contributed by atoms with Gasteiger partial charge in [0.2, 0.25) is 0 Å². The van der Waals surface area contributed by atoms with Crippen LogP contribution in [0.5, 0.6) is 0 Å². The Hall–Kier alpha value is -8.14. The second kappa shape index (κ2) is 14.3. The smallest absolute Gasteiger partial charge is 0.143 e. The van der Waals surface area contributed by atoms with Crippen molar-refractivity contribution in [1.82, 2.24) is 4.57 Å². The number of hydrogen-bond donors (Lipinski definition) is 0. The van der Waals surface area contributed by atoms with Gasteiger partial charge in [0, 0.05) is 49.6 Å². The molecule has 0 spiro atoms. The second-order valence-corrected chi connectivity index (χ2v) is 15.7. The average Bonchev–Trinajstić information content (AvgIpc) is 3.88. The van der Waals surface area contributed by atoms with E-state index in [-0.39, 0.29) is 0 Å². The lowest BCUT2D eigenvalue weighted by molar-refractivity contribution is 0.670. The topological polar surface area (TPSA) is 21.3 Å². The molecule has 0 atom stereocenters. The number of benzene rings is 10. The van der Waals surface area contributed by atoms with Gasteiger partial charge in [0.05, 0.1) is 22.4 Å². The lowest BCUT2D eigenvalue weighted by atomic mass is 9.98. The molecular weight excluding hydrogens is 741 g/mol. The van der Waals surface area contributed by atoms with Crippen molar-refractivity contribution in [2.24, 2.45) is 0 Å². The van der Waals surface area contributed by atoms with Gasteiger partial charge < -0.3 is 13.9 Å². The summed E-state index contributed by atoms with van der Waals surface area (Å²) in [6, 6.07) is 83.0. The highest BCUT2D eigenvalue weighted by molar-refractivity contribution is 6.11. The van der Waals surface area contributed by atoms with Crippen molar-refractivity contribution in [3.63, 3.8) is 0 Å². The Morgan fingerprint density at radius 1 is 0.344 bits per heavy atom. The number of furan rings is 1. The van der Waals surface area contributed by atoms with Gasteiger partial charge in [-0.3, -0.25) is 0 Å². The summed E-state index contributed by atoms with van der Waals surface area (Å²) in [4.78, 5) is 2.41. The Balaban J connectivity index is 1.06. The Morgan fingerprint density at radius 2 is 0.951 bits per heavy atom. The Bertz CT molecular complexity index is 3560. The molecule has 12 rings (SSSR count). The molecule has 3 nitrogen and oxygen atoms in total. The molecule has 10 aromatic carbocycles. The Labute approximate surface area is 353 Å². The van der Waals surface area contributed by atoms with E-state index in [9.17, 15) is 0 Å². The van der Waals surface area contributed by atoms with Crippen LogP contribution < -0.4 is 4.90 Å². The molecule has 0 fully saturated rings. The van der Waals surface area contributed by atoms with E-state index in [4.69, 9.17) is 4.42 Å². The molecule has 2 aromatic heterocycles. The van der Waals surface area contributed by atoms with E-state index < -0.39 is 0 Å². The molecule has 0 aliphatic carbocycles. The lowest BCUT2D eigenvalue weighted by Gasteiger charge is -2.29. The van der Waals surface area contributed by atoms with Crippen LogP contribution in [-0.4, -0.2) is 4.57 Å². The minimum absolute atomic E-state index is 0.894. The molecule has 0 aliphatic heterocycles. The fourth-order valence-electron chi connectivity index (χ4n) is 9.36. The zero-order valence-corrected chi connectivity index (χ0v) is 33.2. The normalized spacial score (nSPS) is 11.6. The van der Waals surface area contributed by atoms with Crippen LogP contribution in [0.2, 0.25) is 0 Å². The molecule has 0 saturated carbocycles. The molecule has 0 saturated heterocycles. The minimum Gasteiger partial charge on any atom is -0.455 e. The van der Waals surface area contributed by atoms with E-state index in [0.717, 1.165) is 66.9 Å². The maximum Gasteiger partial charge on any atom is 0.143 e. The van der Waals surface area contributed by atoms with E-state index in [2.05, 4.69) is 228 Å². The zero-order chi connectivity index (χ0) is 40.3. The van der Waals surface area contributed by atoms with Crippen LogP contribution in [0.3, 0.4) is 0 Å². The van der Waals surface area contributed by atoms with Gasteiger partial charge >= 0.3 is 0 Å². The maximum absolute atomic E-state index is 6.56. The van der Waals surface area contributed by atoms with Crippen molar-refractivity contribution in [3.8, 4) is 39.1 Å². The number of hydrogen-bond acceptors (Lipinski definition) is 2. The fraction of sp³-hybridized carbons (Fsp3) is 0. The van der Waals surface area contributed by atoms with E-state index in [0.29, 0.717) is 0 Å². The summed E-state index contributed by atoms with van der Waals surface area (Å²) in [5.41, 5.74) is 15.3. The van der Waals surface area contributed by atoms with Crippen LogP contribution in [-0.2, 0) is 0 Å². The highest BCUT2D eigenvalue weighted by Gasteiger charge is 2.22. The zero-order valence-electron chi connectivity index (χ0n) is 33.2. The van der Waals surface area contributed by atoms with Crippen molar-refractivity contribution < 1.29 is 4.42 Å². The predicted octanol–water partition coefficient (Wildman–Crippen LogP) is 16.3. The Morgan fingerprint density at radius 3 is 1.77 bits per heavy atom. The summed E-state index contributed by atoms with van der Waals surface area (Å²) in [5.74, 6) is 0. The van der Waals surface area contributed by atoms with Gasteiger partial charge in [-0.15, -0.1) is 0 Å². The number of para-hydroxylation sites is 6. The summed E-state index contributed by atoms with van der Waals surface area (Å²) < 4.78 is 8.98. The maximum atomic E-state index is 6.56. The number of aromatic nitrogens is 1. The first-order valence-electron chi connectivity index (χ1n) is 20.8. The highest BCUT2D eigenvalue weighted by atomic mass is 16.3. The van der Waals surface area contributed by atoms with Gasteiger partial charge in [0.15, 0.2) is 0 Å². The number of nitrogens with zero attached hydrogens (tertiary/aromatic N) is 2. The molecule has 286 valence electrons. The van der Waals surface area contributed by atoms with Crippen LogP contribution in [0.25, 0.3) is 93.6 Å².